The molecule has 1 saturated carbocycles. The first-order valence-corrected chi connectivity index (χ1v) is 6.49. The van der Waals surface area contributed by atoms with Gasteiger partial charge < -0.3 is 4.90 Å². The van der Waals surface area contributed by atoms with Crippen molar-refractivity contribution in [3.63, 3.8) is 0 Å². The predicted octanol–water partition coefficient (Wildman–Crippen LogP) is 1.32. The monoisotopic (exact) mass is 211 g/mol. The molecule has 2 fully saturated rings. The van der Waals surface area contributed by atoms with E-state index in [-0.39, 0.29) is 0 Å². The maximum Gasteiger partial charge on any atom is 0.0259 e. The van der Waals surface area contributed by atoms with E-state index in [0.717, 1.165) is 12.0 Å². The Bertz CT molecular complexity index is 187. The van der Waals surface area contributed by atoms with Crippen LogP contribution in [0.3, 0.4) is 0 Å². The smallest absolute Gasteiger partial charge is 0.0259 e. The van der Waals surface area contributed by atoms with Gasteiger partial charge in [0.15, 0.2) is 0 Å². The molecular formula is C12H25N3. The number of hydrogen-bond acceptors (Lipinski definition) is 3. The molecule has 1 saturated heterocycles. The molecule has 0 aromatic heterocycles. The molecule has 0 spiro atoms. The van der Waals surface area contributed by atoms with Crippen LogP contribution in [0.1, 0.15) is 32.6 Å². The molecule has 3 nitrogen and oxygen atoms in total. The van der Waals surface area contributed by atoms with Gasteiger partial charge in [0.25, 0.3) is 0 Å². The summed E-state index contributed by atoms with van der Waals surface area (Å²) in [7, 11) is 2.21. The molecule has 3 heteroatoms. The average Bonchev–Trinajstić information content (AvgIpc) is 2.69. The minimum Gasteiger partial charge on any atom is -0.304 e. The zero-order chi connectivity index (χ0) is 10.7. The standard InChI is InChI=1S/C12H25N3/c1-3-11-5-4-6-12(11)13-15-9-7-14(2)8-10-15/h11-13H,3-10H2,1-2H3. The van der Waals surface area contributed by atoms with Crippen LogP contribution < -0.4 is 5.43 Å². The maximum atomic E-state index is 3.75. The van der Waals surface area contributed by atoms with E-state index in [1.54, 1.807) is 0 Å². The molecule has 15 heavy (non-hydrogen) atoms. The van der Waals surface area contributed by atoms with Crippen LogP contribution >= 0.6 is 0 Å². The second-order valence-electron chi connectivity index (χ2n) is 5.13. The number of hydrazine groups is 1. The van der Waals surface area contributed by atoms with Gasteiger partial charge in [-0.1, -0.05) is 19.8 Å². The number of hydrogen-bond donors (Lipinski definition) is 1. The van der Waals surface area contributed by atoms with Crippen molar-refractivity contribution < 1.29 is 0 Å². The van der Waals surface area contributed by atoms with Gasteiger partial charge in [-0.2, -0.15) is 0 Å². The number of likely N-dealkylation sites (N-methyl/N-ethyl adjacent to an activating group) is 1. The van der Waals surface area contributed by atoms with Crippen LogP contribution in [0.15, 0.2) is 0 Å². The lowest BCUT2D eigenvalue weighted by atomic mass is 10.0. The average molecular weight is 211 g/mol. The van der Waals surface area contributed by atoms with Crippen molar-refractivity contribution in [1.29, 1.82) is 0 Å². The van der Waals surface area contributed by atoms with Crippen LogP contribution in [0.25, 0.3) is 0 Å². The maximum absolute atomic E-state index is 3.75. The van der Waals surface area contributed by atoms with E-state index in [1.165, 1.54) is 51.9 Å². The van der Waals surface area contributed by atoms with E-state index in [0.29, 0.717) is 0 Å². The Morgan fingerprint density at radius 2 is 1.87 bits per heavy atom. The summed E-state index contributed by atoms with van der Waals surface area (Å²) in [5, 5.41) is 2.44. The van der Waals surface area contributed by atoms with E-state index in [2.05, 4.69) is 29.3 Å². The van der Waals surface area contributed by atoms with Gasteiger partial charge in [0.1, 0.15) is 0 Å². The third-order valence-electron chi connectivity index (χ3n) is 4.04. The van der Waals surface area contributed by atoms with Crippen molar-refractivity contribution in [3.05, 3.63) is 0 Å². The molecule has 0 amide bonds. The van der Waals surface area contributed by atoms with E-state index < -0.39 is 0 Å². The highest BCUT2D eigenvalue weighted by molar-refractivity contribution is 4.82. The van der Waals surface area contributed by atoms with Gasteiger partial charge in [0.2, 0.25) is 0 Å². The molecule has 2 unspecified atom stereocenters. The second-order valence-corrected chi connectivity index (χ2v) is 5.13. The molecule has 1 N–H and O–H groups in total. The van der Waals surface area contributed by atoms with Crippen molar-refractivity contribution in [1.82, 2.24) is 15.3 Å². The Morgan fingerprint density at radius 1 is 1.13 bits per heavy atom. The lowest BCUT2D eigenvalue weighted by molar-refractivity contribution is 0.0779. The van der Waals surface area contributed by atoms with Crippen molar-refractivity contribution in [2.24, 2.45) is 5.92 Å². The zero-order valence-corrected chi connectivity index (χ0v) is 10.2. The van der Waals surface area contributed by atoms with E-state index in [1.807, 2.05) is 0 Å². The molecule has 0 aromatic rings. The molecule has 2 rings (SSSR count). The molecule has 2 aliphatic rings. The summed E-state index contributed by atoms with van der Waals surface area (Å²) in [4.78, 5) is 2.41. The quantitative estimate of drug-likeness (QED) is 0.759. The van der Waals surface area contributed by atoms with Crippen molar-refractivity contribution in [3.8, 4) is 0 Å². The van der Waals surface area contributed by atoms with Crippen LogP contribution in [0.4, 0.5) is 0 Å². The molecule has 1 aliphatic heterocycles. The molecule has 0 radical (unpaired) electrons. The summed E-state index contributed by atoms with van der Waals surface area (Å²) < 4.78 is 0. The summed E-state index contributed by atoms with van der Waals surface area (Å²) in [6.45, 7) is 7.11. The Hall–Kier alpha value is -0.120. The van der Waals surface area contributed by atoms with E-state index >= 15 is 0 Å². The van der Waals surface area contributed by atoms with Crippen molar-refractivity contribution >= 4 is 0 Å². The molecule has 88 valence electrons. The summed E-state index contributed by atoms with van der Waals surface area (Å²) >= 11 is 0. The first-order valence-electron chi connectivity index (χ1n) is 6.49. The summed E-state index contributed by atoms with van der Waals surface area (Å²) in [5.41, 5.74) is 3.75. The predicted molar refractivity (Wildman–Crippen MR) is 63.6 cm³/mol. The normalized spacial score (nSPS) is 34.8. The third-order valence-corrected chi connectivity index (χ3v) is 4.04. The fourth-order valence-electron chi connectivity index (χ4n) is 2.87. The van der Waals surface area contributed by atoms with Gasteiger partial charge in [-0.05, 0) is 25.8 Å². The van der Waals surface area contributed by atoms with Crippen LogP contribution in [0.2, 0.25) is 0 Å². The fraction of sp³-hybridized carbons (Fsp3) is 1.00. The Morgan fingerprint density at radius 3 is 2.53 bits per heavy atom. The minimum atomic E-state index is 0.762. The first kappa shape index (κ1) is 11.4. The summed E-state index contributed by atoms with van der Waals surface area (Å²) in [6.07, 6.45) is 5.57. The van der Waals surface area contributed by atoms with Gasteiger partial charge in [-0.15, -0.1) is 0 Å². The lowest BCUT2D eigenvalue weighted by Crippen LogP contribution is -2.54. The highest BCUT2D eigenvalue weighted by atomic mass is 15.5. The summed E-state index contributed by atoms with van der Waals surface area (Å²) in [5.74, 6) is 0.921. The second kappa shape index (κ2) is 5.28. The fourth-order valence-corrected chi connectivity index (χ4v) is 2.87. The Labute approximate surface area is 93.8 Å². The Balaban J connectivity index is 1.76. The highest BCUT2D eigenvalue weighted by Crippen LogP contribution is 2.28. The van der Waals surface area contributed by atoms with Crippen LogP contribution in [-0.2, 0) is 0 Å². The topological polar surface area (TPSA) is 18.5 Å². The molecule has 1 aliphatic carbocycles. The number of piperazine rings is 1. The van der Waals surface area contributed by atoms with Crippen molar-refractivity contribution in [2.75, 3.05) is 33.2 Å². The third kappa shape index (κ3) is 2.92. The lowest BCUT2D eigenvalue weighted by Gasteiger charge is -2.35. The number of nitrogens with zero attached hydrogens (tertiary/aromatic N) is 2. The molecule has 0 bridgehead atoms. The summed E-state index contributed by atoms with van der Waals surface area (Å²) in [6, 6.07) is 0.762. The number of nitrogens with one attached hydrogen (secondary N) is 1. The van der Waals surface area contributed by atoms with E-state index in [4.69, 9.17) is 0 Å². The van der Waals surface area contributed by atoms with Crippen LogP contribution in [0.5, 0.6) is 0 Å². The molecular weight excluding hydrogens is 186 g/mol. The number of rotatable bonds is 3. The van der Waals surface area contributed by atoms with Crippen LogP contribution in [0, 0.1) is 5.92 Å². The molecule has 2 atom stereocenters. The molecule has 0 aromatic carbocycles. The van der Waals surface area contributed by atoms with Crippen LogP contribution in [-0.4, -0.2) is 49.2 Å². The minimum absolute atomic E-state index is 0.762. The Kier molecular flexibility index (Phi) is 4.00. The van der Waals surface area contributed by atoms with Gasteiger partial charge >= 0.3 is 0 Å². The zero-order valence-electron chi connectivity index (χ0n) is 10.2. The van der Waals surface area contributed by atoms with Gasteiger partial charge in [-0.25, -0.2) is 5.01 Å². The first-order chi connectivity index (χ1) is 7.29. The van der Waals surface area contributed by atoms with E-state index in [9.17, 15) is 0 Å². The van der Waals surface area contributed by atoms with Gasteiger partial charge in [0, 0.05) is 32.2 Å². The SMILES string of the molecule is CCC1CCCC1NN1CCN(C)CC1. The van der Waals surface area contributed by atoms with Gasteiger partial charge in [0.05, 0.1) is 0 Å². The largest absolute Gasteiger partial charge is 0.304 e. The highest BCUT2D eigenvalue weighted by Gasteiger charge is 2.27. The van der Waals surface area contributed by atoms with Gasteiger partial charge in [-0.3, -0.25) is 5.43 Å². The van der Waals surface area contributed by atoms with Crippen molar-refractivity contribution in [2.45, 2.75) is 38.6 Å². The molecule has 1 heterocycles.